The van der Waals surface area contributed by atoms with Crippen LogP contribution in [0.1, 0.15) is 53.4 Å². The van der Waals surface area contributed by atoms with Gasteiger partial charge in [-0.05, 0) is 50.3 Å². The smallest absolute Gasteiger partial charge is 0.334 e. The summed E-state index contributed by atoms with van der Waals surface area (Å²) >= 11 is 0. The average molecular weight is 330 g/mol. The minimum Gasteiger partial charge on any atom is -0.454 e. The topological polar surface area (TPSA) is 60.4 Å². The first kappa shape index (κ1) is 18.4. The Bertz CT molecular complexity index is 634. The summed E-state index contributed by atoms with van der Waals surface area (Å²) < 4.78 is 5.46. The summed E-state index contributed by atoms with van der Waals surface area (Å²) in [4.78, 5) is 36.7. The van der Waals surface area contributed by atoms with Gasteiger partial charge in [0.1, 0.15) is 6.10 Å². The van der Waals surface area contributed by atoms with E-state index in [0.29, 0.717) is 12.0 Å². The number of ketones is 2. The Morgan fingerprint density at radius 2 is 1.88 bits per heavy atom. The molecule has 2 unspecified atom stereocenters. The SMILES string of the molecule is CC1=CC(=O)CC2=CC(OC2=O)C(C(C)C)CC(=O)C(C)=CCC1. The van der Waals surface area contributed by atoms with Gasteiger partial charge in [-0.15, -0.1) is 0 Å². The van der Waals surface area contributed by atoms with Crippen LogP contribution in [0.2, 0.25) is 0 Å². The zero-order valence-corrected chi connectivity index (χ0v) is 14.9. The zero-order chi connectivity index (χ0) is 17.9. The third-order valence-electron chi connectivity index (χ3n) is 4.77. The van der Waals surface area contributed by atoms with E-state index >= 15 is 0 Å². The van der Waals surface area contributed by atoms with Crippen molar-refractivity contribution in [1.82, 2.24) is 0 Å². The van der Waals surface area contributed by atoms with Crippen molar-refractivity contribution in [2.45, 2.75) is 59.5 Å². The van der Waals surface area contributed by atoms with Gasteiger partial charge in [-0.25, -0.2) is 4.79 Å². The number of hydrogen-bond donors (Lipinski definition) is 0. The van der Waals surface area contributed by atoms with Gasteiger partial charge < -0.3 is 4.74 Å². The molecule has 2 bridgehead atoms. The highest BCUT2D eigenvalue weighted by Crippen LogP contribution is 2.31. The zero-order valence-electron chi connectivity index (χ0n) is 14.9. The molecule has 4 heteroatoms. The summed E-state index contributed by atoms with van der Waals surface area (Å²) in [6.45, 7) is 7.78. The summed E-state index contributed by atoms with van der Waals surface area (Å²) in [6.07, 6.45) is 6.74. The fourth-order valence-electron chi connectivity index (χ4n) is 3.16. The molecule has 0 N–H and O–H groups in total. The highest BCUT2D eigenvalue weighted by atomic mass is 16.5. The monoisotopic (exact) mass is 330 g/mol. The highest BCUT2D eigenvalue weighted by Gasteiger charge is 2.35. The van der Waals surface area contributed by atoms with E-state index < -0.39 is 12.1 Å². The second-order valence-corrected chi connectivity index (χ2v) is 7.16. The van der Waals surface area contributed by atoms with E-state index in [1.807, 2.05) is 33.8 Å². The molecule has 0 aromatic carbocycles. The number of carbonyl (C=O) groups excluding carboxylic acids is 3. The fourth-order valence-corrected chi connectivity index (χ4v) is 3.16. The number of rotatable bonds is 1. The summed E-state index contributed by atoms with van der Waals surface area (Å²) in [6, 6.07) is 0. The van der Waals surface area contributed by atoms with Crippen LogP contribution in [0.3, 0.4) is 0 Å². The van der Waals surface area contributed by atoms with Gasteiger partial charge in [0.05, 0.1) is 0 Å². The molecule has 0 radical (unpaired) electrons. The van der Waals surface area contributed by atoms with Crippen molar-refractivity contribution < 1.29 is 19.1 Å². The first-order valence-electron chi connectivity index (χ1n) is 8.59. The highest BCUT2D eigenvalue weighted by molar-refractivity contribution is 6.01. The molecular formula is C20H26O4. The van der Waals surface area contributed by atoms with E-state index in [4.69, 9.17) is 4.74 Å². The van der Waals surface area contributed by atoms with Gasteiger partial charge in [-0.3, -0.25) is 9.59 Å². The van der Waals surface area contributed by atoms with Crippen molar-refractivity contribution in [3.63, 3.8) is 0 Å². The van der Waals surface area contributed by atoms with Crippen LogP contribution in [-0.2, 0) is 19.1 Å². The van der Waals surface area contributed by atoms with Crippen molar-refractivity contribution >= 4 is 17.5 Å². The van der Waals surface area contributed by atoms with Crippen LogP contribution in [0.5, 0.6) is 0 Å². The Balaban J connectivity index is 2.35. The van der Waals surface area contributed by atoms with Crippen molar-refractivity contribution in [1.29, 1.82) is 0 Å². The first-order chi connectivity index (χ1) is 11.3. The summed E-state index contributed by atoms with van der Waals surface area (Å²) in [7, 11) is 0. The maximum atomic E-state index is 12.5. The molecule has 0 aromatic heterocycles. The van der Waals surface area contributed by atoms with E-state index in [-0.39, 0.29) is 29.8 Å². The van der Waals surface area contributed by atoms with E-state index in [1.165, 1.54) is 0 Å². The van der Waals surface area contributed by atoms with Crippen LogP contribution in [0.4, 0.5) is 0 Å². The van der Waals surface area contributed by atoms with Crippen LogP contribution >= 0.6 is 0 Å². The van der Waals surface area contributed by atoms with Crippen LogP contribution in [0.25, 0.3) is 0 Å². The average Bonchev–Trinajstić information content (AvgIpc) is 2.83. The molecule has 24 heavy (non-hydrogen) atoms. The predicted octanol–water partition coefficient (Wildman–Crippen LogP) is 3.72. The van der Waals surface area contributed by atoms with E-state index in [0.717, 1.165) is 24.0 Å². The number of fused-ring (bicyclic) bond motifs is 1. The van der Waals surface area contributed by atoms with Gasteiger partial charge in [0.25, 0.3) is 0 Å². The van der Waals surface area contributed by atoms with Crippen molar-refractivity contribution in [2.24, 2.45) is 11.8 Å². The molecule has 2 rings (SSSR count). The molecule has 1 heterocycles. The Kier molecular flexibility index (Phi) is 5.92. The molecule has 130 valence electrons. The van der Waals surface area contributed by atoms with Crippen molar-refractivity contribution in [3.8, 4) is 0 Å². The molecule has 0 saturated carbocycles. The fraction of sp³-hybridized carbons (Fsp3) is 0.550. The second kappa shape index (κ2) is 7.73. The van der Waals surface area contributed by atoms with Gasteiger partial charge in [-0.1, -0.05) is 25.5 Å². The third-order valence-corrected chi connectivity index (χ3v) is 4.77. The normalized spacial score (nSPS) is 26.5. The van der Waals surface area contributed by atoms with Crippen LogP contribution in [0, 0.1) is 11.8 Å². The van der Waals surface area contributed by atoms with E-state index in [9.17, 15) is 14.4 Å². The van der Waals surface area contributed by atoms with Crippen LogP contribution in [0.15, 0.2) is 34.9 Å². The Morgan fingerprint density at radius 1 is 1.17 bits per heavy atom. The molecule has 0 saturated heterocycles. The van der Waals surface area contributed by atoms with Crippen LogP contribution in [-0.4, -0.2) is 23.6 Å². The van der Waals surface area contributed by atoms with Gasteiger partial charge >= 0.3 is 5.97 Å². The molecule has 0 fully saturated rings. The second-order valence-electron chi connectivity index (χ2n) is 7.16. The van der Waals surface area contributed by atoms with Gasteiger partial charge in [0.15, 0.2) is 11.6 Å². The lowest BCUT2D eigenvalue weighted by Crippen LogP contribution is -2.28. The lowest BCUT2D eigenvalue weighted by Gasteiger charge is -2.24. The molecule has 0 amide bonds. The largest absolute Gasteiger partial charge is 0.454 e. The maximum Gasteiger partial charge on any atom is 0.334 e. The number of esters is 1. The number of carbonyl (C=O) groups is 3. The Morgan fingerprint density at radius 3 is 2.54 bits per heavy atom. The Hall–Kier alpha value is -1.97. The minimum atomic E-state index is -0.431. The lowest BCUT2D eigenvalue weighted by molar-refractivity contribution is -0.143. The number of Topliss-reactive ketones (excluding diaryl/α,β-unsaturated/α-hetero) is 1. The van der Waals surface area contributed by atoms with Gasteiger partial charge in [-0.2, -0.15) is 0 Å². The van der Waals surface area contributed by atoms with Gasteiger partial charge in [0, 0.05) is 24.3 Å². The van der Waals surface area contributed by atoms with Crippen LogP contribution < -0.4 is 0 Å². The van der Waals surface area contributed by atoms with Crippen molar-refractivity contribution in [2.75, 3.05) is 0 Å². The molecule has 1 aliphatic carbocycles. The molecular weight excluding hydrogens is 304 g/mol. The minimum absolute atomic E-state index is 0.0697. The number of hydrogen-bond acceptors (Lipinski definition) is 4. The third kappa shape index (κ3) is 4.53. The molecule has 1 aliphatic heterocycles. The molecule has 2 aliphatic rings. The molecule has 4 nitrogen and oxygen atoms in total. The summed E-state index contributed by atoms with van der Waals surface area (Å²) in [5.41, 5.74) is 2.11. The summed E-state index contributed by atoms with van der Waals surface area (Å²) in [5, 5.41) is 0. The standard InChI is InChI=1S/C20H26O4/c1-12(2)17-11-18(22)14(4)7-5-6-13(3)8-16(21)9-15-10-19(17)24-20(15)23/h7-8,10,12,17,19H,5-6,9,11H2,1-4H3. The van der Waals surface area contributed by atoms with E-state index in [1.54, 1.807) is 12.2 Å². The molecule has 2 atom stereocenters. The quantitative estimate of drug-likeness (QED) is 0.688. The Labute approximate surface area is 143 Å². The lowest BCUT2D eigenvalue weighted by atomic mass is 9.84. The van der Waals surface area contributed by atoms with Gasteiger partial charge in [0.2, 0.25) is 0 Å². The molecule has 0 aromatic rings. The maximum absolute atomic E-state index is 12.5. The first-order valence-corrected chi connectivity index (χ1v) is 8.59. The van der Waals surface area contributed by atoms with Crippen molar-refractivity contribution in [3.05, 3.63) is 34.9 Å². The number of allylic oxidation sites excluding steroid dienone is 4. The molecule has 0 spiro atoms. The summed E-state index contributed by atoms with van der Waals surface area (Å²) in [5.74, 6) is -0.286. The number of ether oxygens (including phenoxy) is 1. The van der Waals surface area contributed by atoms with E-state index in [2.05, 4.69) is 0 Å². The predicted molar refractivity (Wildman–Crippen MR) is 92.3 cm³/mol.